The van der Waals surface area contributed by atoms with Crippen molar-refractivity contribution < 1.29 is 14.3 Å². The summed E-state index contributed by atoms with van der Waals surface area (Å²) in [6.07, 6.45) is 7.11. The molecule has 6 nitrogen and oxygen atoms in total. The third-order valence-corrected chi connectivity index (χ3v) is 5.35. The van der Waals surface area contributed by atoms with Crippen molar-refractivity contribution in [1.29, 1.82) is 0 Å². The molecule has 0 aliphatic carbocycles. The van der Waals surface area contributed by atoms with Gasteiger partial charge in [-0.15, -0.1) is 0 Å². The van der Waals surface area contributed by atoms with E-state index < -0.39 is 15.9 Å². The number of benzene rings is 1. The number of nitrogens with one attached hydrogen (secondary N) is 3. The van der Waals surface area contributed by atoms with Crippen LogP contribution in [0.5, 0.6) is 0 Å². The molecule has 0 heterocycles. The average molecular weight is 511 g/mol. The Hall–Kier alpha value is -1.28. The highest BCUT2D eigenvalue weighted by molar-refractivity contribution is 7.80. The van der Waals surface area contributed by atoms with Crippen LogP contribution < -0.4 is 16.0 Å². The molecular formula is C21H30Cl3N3O3S. The van der Waals surface area contributed by atoms with E-state index in [1.54, 1.807) is 24.3 Å². The number of carbonyl (C=O) groups excluding carboxylic acids is 2. The predicted octanol–water partition coefficient (Wildman–Crippen LogP) is 5.71. The van der Waals surface area contributed by atoms with Crippen molar-refractivity contribution in [3.8, 4) is 0 Å². The second kappa shape index (κ2) is 14.7. The molecule has 0 bridgehead atoms. The maximum Gasteiger partial charge on any atom is 0.337 e. The average Bonchev–Trinajstić information content (AvgIpc) is 2.72. The standard InChI is InChI=1S/C21H30Cl3N3O3S/c1-3-4-5-6-7-8-9-10-17(28)26-19(21(22,23)24)27-20(31)25-16-13-11-15(12-14-16)18(29)30-2/h11-14,19H,3-10H2,1-2H3,(H,26,28)(H2,25,27,31). The van der Waals surface area contributed by atoms with E-state index in [0.29, 0.717) is 17.7 Å². The van der Waals surface area contributed by atoms with Crippen LogP contribution in [-0.4, -0.2) is 34.1 Å². The number of hydrogen-bond acceptors (Lipinski definition) is 4. The van der Waals surface area contributed by atoms with Crippen LogP contribution in [0.4, 0.5) is 5.69 Å². The van der Waals surface area contributed by atoms with Gasteiger partial charge in [0.1, 0.15) is 6.17 Å². The van der Waals surface area contributed by atoms with Crippen molar-refractivity contribution in [1.82, 2.24) is 10.6 Å². The zero-order valence-corrected chi connectivity index (χ0v) is 20.9. The molecule has 0 fully saturated rings. The van der Waals surface area contributed by atoms with Crippen molar-refractivity contribution in [2.45, 2.75) is 68.2 Å². The summed E-state index contributed by atoms with van der Waals surface area (Å²) in [6, 6.07) is 6.49. The fourth-order valence-electron chi connectivity index (χ4n) is 2.78. The Bertz CT molecular complexity index is 712. The minimum Gasteiger partial charge on any atom is -0.465 e. The first-order chi connectivity index (χ1) is 14.7. The Morgan fingerprint density at radius 3 is 2.13 bits per heavy atom. The van der Waals surface area contributed by atoms with Crippen LogP contribution in [0.2, 0.25) is 0 Å². The van der Waals surface area contributed by atoms with E-state index in [0.717, 1.165) is 19.3 Å². The van der Waals surface area contributed by atoms with E-state index in [4.69, 9.17) is 47.0 Å². The molecule has 1 amide bonds. The molecular weight excluding hydrogens is 481 g/mol. The third kappa shape index (κ3) is 11.8. The molecule has 1 aromatic rings. The number of carbonyl (C=O) groups is 2. The maximum atomic E-state index is 12.3. The summed E-state index contributed by atoms with van der Waals surface area (Å²) in [4.78, 5) is 23.8. The summed E-state index contributed by atoms with van der Waals surface area (Å²) in [7, 11) is 1.31. The van der Waals surface area contributed by atoms with Gasteiger partial charge in [0.2, 0.25) is 9.70 Å². The molecule has 3 N–H and O–H groups in total. The second-order valence-electron chi connectivity index (χ2n) is 7.08. The van der Waals surface area contributed by atoms with Gasteiger partial charge in [0.05, 0.1) is 12.7 Å². The number of thiocarbonyl (C=S) groups is 1. The number of alkyl halides is 3. The van der Waals surface area contributed by atoms with Gasteiger partial charge in [-0.1, -0.05) is 80.3 Å². The highest BCUT2D eigenvalue weighted by Crippen LogP contribution is 2.29. The molecule has 0 saturated heterocycles. The lowest BCUT2D eigenvalue weighted by Gasteiger charge is -2.27. The highest BCUT2D eigenvalue weighted by Gasteiger charge is 2.34. The molecule has 0 saturated carbocycles. The van der Waals surface area contributed by atoms with Crippen LogP contribution in [0.1, 0.15) is 68.6 Å². The molecule has 1 unspecified atom stereocenters. The fraction of sp³-hybridized carbons (Fsp3) is 0.571. The molecule has 31 heavy (non-hydrogen) atoms. The van der Waals surface area contributed by atoms with Crippen molar-refractivity contribution >= 4 is 69.7 Å². The Morgan fingerprint density at radius 2 is 1.58 bits per heavy atom. The summed E-state index contributed by atoms with van der Waals surface area (Å²) >= 11 is 23.3. The molecule has 0 aliphatic heterocycles. The van der Waals surface area contributed by atoms with Gasteiger partial charge in [-0.2, -0.15) is 0 Å². The number of methoxy groups -OCH3 is 1. The van der Waals surface area contributed by atoms with E-state index in [1.807, 2.05) is 0 Å². The number of rotatable bonds is 12. The molecule has 174 valence electrons. The first-order valence-electron chi connectivity index (χ1n) is 10.3. The molecule has 1 atom stereocenters. The minimum absolute atomic E-state index is 0.151. The summed E-state index contributed by atoms with van der Waals surface area (Å²) in [6.45, 7) is 2.18. The number of anilines is 1. The third-order valence-electron chi connectivity index (χ3n) is 4.48. The minimum atomic E-state index is -1.81. The fourth-order valence-corrected chi connectivity index (χ4v) is 3.34. The number of unbranched alkanes of at least 4 members (excludes halogenated alkanes) is 6. The molecule has 0 spiro atoms. The number of esters is 1. The van der Waals surface area contributed by atoms with Crippen LogP contribution in [0.15, 0.2) is 24.3 Å². The first kappa shape index (κ1) is 27.8. The Kier molecular flexibility index (Phi) is 13.2. The van der Waals surface area contributed by atoms with E-state index in [9.17, 15) is 9.59 Å². The number of halogens is 3. The molecule has 10 heteroatoms. The van der Waals surface area contributed by atoms with Crippen molar-refractivity contribution in [3.05, 3.63) is 29.8 Å². The number of hydrogen-bond donors (Lipinski definition) is 3. The molecule has 1 rings (SSSR count). The summed E-state index contributed by atoms with van der Waals surface area (Å²) in [5.41, 5.74) is 1.02. The summed E-state index contributed by atoms with van der Waals surface area (Å²) < 4.78 is 2.85. The van der Waals surface area contributed by atoms with E-state index in [2.05, 4.69) is 27.6 Å². The Labute approximate surface area is 204 Å². The van der Waals surface area contributed by atoms with Crippen LogP contribution >= 0.6 is 47.0 Å². The van der Waals surface area contributed by atoms with Crippen LogP contribution in [0.25, 0.3) is 0 Å². The summed E-state index contributed by atoms with van der Waals surface area (Å²) in [5.74, 6) is -0.658. The number of amides is 1. The lowest BCUT2D eigenvalue weighted by molar-refractivity contribution is -0.122. The number of ether oxygens (including phenoxy) is 1. The molecule has 0 radical (unpaired) electrons. The summed E-state index contributed by atoms with van der Waals surface area (Å²) in [5, 5.41) is 8.56. The van der Waals surface area contributed by atoms with E-state index >= 15 is 0 Å². The monoisotopic (exact) mass is 509 g/mol. The van der Waals surface area contributed by atoms with E-state index in [1.165, 1.54) is 32.8 Å². The van der Waals surface area contributed by atoms with Gasteiger partial charge in [-0.05, 0) is 42.9 Å². The Balaban J connectivity index is 2.50. The zero-order chi connectivity index (χ0) is 23.3. The largest absolute Gasteiger partial charge is 0.465 e. The molecule has 1 aromatic carbocycles. The highest BCUT2D eigenvalue weighted by atomic mass is 35.6. The van der Waals surface area contributed by atoms with Gasteiger partial charge in [-0.3, -0.25) is 4.79 Å². The predicted molar refractivity (Wildman–Crippen MR) is 132 cm³/mol. The van der Waals surface area contributed by atoms with Gasteiger partial charge >= 0.3 is 5.97 Å². The van der Waals surface area contributed by atoms with Crippen LogP contribution in [-0.2, 0) is 9.53 Å². The maximum absolute atomic E-state index is 12.3. The van der Waals surface area contributed by atoms with Gasteiger partial charge in [0.15, 0.2) is 5.11 Å². The van der Waals surface area contributed by atoms with Gasteiger partial charge in [0.25, 0.3) is 0 Å². The first-order valence-corrected chi connectivity index (χ1v) is 11.8. The van der Waals surface area contributed by atoms with E-state index in [-0.39, 0.29) is 11.0 Å². The molecule has 0 aromatic heterocycles. The van der Waals surface area contributed by atoms with Gasteiger partial charge in [-0.25, -0.2) is 4.79 Å². The van der Waals surface area contributed by atoms with Gasteiger partial charge < -0.3 is 20.7 Å². The quantitative estimate of drug-likeness (QED) is 0.110. The SMILES string of the molecule is CCCCCCCCCC(=O)NC(NC(=S)Nc1ccc(C(=O)OC)cc1)C(Cl)(Cl)Cl. The van der Waals surface area contributed by atoms with Gasteiger partial charge in [0, 0.05) is 12.1 Å². The van der Waals surface area contributed by atoms with Crippen molar-refractivity contribution in [3.63, 3.8) is 0 Å². The normalized spacial score (nSPS) is 12.0. The van der Waals surface area contributed by atoms with Crippen molar-refractivity contribution in [2.75, 3.05) is 12.4 Å². The smallest absolute Gasteiger partial charge is 0.337 e. The lowest BCUT2D eigenvalue weighted by Crippen LogP contribution is -2.56. The van der Waals surface area contributed by atoms with Crippen LogP contribution in [0.3, 0.4) is 0 Å². The molecule has 0 aliphatic rings. The van der Waals surface area contributed by atoms with Crippen molar-refractivity contribution in [2.24, 2.45) is 0 Å². The zero-order valence-electron chi connectivity index (χ0n) is 17.8. The van der Waals surface area contributed by atoms with Crippen LogP contribution in [0, 0.1) is 0 Å². The second-order valence-corrected chi connectivity index (χ2v) is 9.86. The Morgan fingerprint density at radius 1 is 1.00 bits per heavy atom. The topological polar surface area (TPSA) is 79.5 Å². The lowest BCUT2D eigenvalue weighted by atomic mass is 10.1.